The van der Waals surface area contributed by atoms with Gasteiger partial charge in [0.05, 0.1) is 10.4 Å². The molecule has 3 N–H and O–H groups in total. The Balaban J connectivity index is 1.70. The maximum absolute atomic E-state index is 11.9. The van der Waals surface area contributed by atoms with Crippen molar-refractivity contribution in [2.45, 2.75) is 25.7 Å². The van der Waals surface area contributed by atoms with E-state index >= 15 is 0 Å². The van der Waals surface area contributed by atoms with Crippen molar-refractivity contribution in [2.75, 3.05) is 6.54 Å². The highest BCUT2D eigenvalue weighted by Gasteiger charge is 2.52. The Morgan fingerprint density at radius 3 is 2.56 bits per heavy atom. The van der Waals surface area contributed by atoms with Crippen molar-refractivity contribution in [3.63, 3.8) is 0 Å². The van der Waals surface area contributed by atoms with Crippen molar-refractivity contribution in [3.8, 4) is 0 Å². The minimum absolute atomic E-state index is 0.00283. The number of hydrogen-bond donors (Lipinski definition) is 2. The first-order valence-electron chi connectivity index (χ1n) is 6.27. The Morgan fingerprint density at radius 1 is 1.33 bits per heavy atom. The van der Waals surface area contributed by atoms with Crippen LogP contribution in [0, 0.1) is 5.41 Å². The van der Waals surface area contributed by atoms with Gasteiger partial charge < -0.3 is 11.1 Å². The van der Waals surface area contributed by atoms with Crippen LogP contribution in [0.2, 0.25) is 0 Å². The Morgan fingerprint density at radius 2 is 2.00 bits per heavy atom. The predicted octanol–water partition coefficient (Wildman–Crippen LogP) is 1.80. The van der Waals surface area contributed by atoms with E-state index in [-0.39, 0.29) is 5.91 Å². The molecule has 1 fully saturated rings. The number of hydrogen-bond acceptors (Lipinski definition) is 2. The molecule has 1 aromatic carbocycles. The number of amides is 1. The molecule has 0 aromatic heterocycles. The molecule has 0 heterocycles. The van der Waals surface area contributed by atoms with Gasteiger partial charge in [-0.1, -0.05) is 42.5 Å². The smallest absolute Gasteiger partial charge is 0.233 e. The average Bonchev–Trinajstić information content (AvgIpc) is 3.17. The highest BCUT2D eigenvalue weighted by molar-refractivity contribution is 7.80. The first-order chi connectivity index (χ1) is 8.65. The van der Waals surface area contributed by atoms with Crippen LogP contribution in [-0.4, -0.2) is 17.4 Å². The third-order valence-corrected chi connectivity index (χ3v) is 3.82. The van der Waals surface area contributed by atoms with E-state index in [1.165, 1.54) is 5.56 Å². The zero-order valence-corrected chi connectivity index (χ0v) is 11.1. The van der Waals surface area contributed by atoms with Crippen LogP contribution >= 0.6 is 12.2 Å². The summed E-state index contributed by atoms with van der Waals surface area (Å²) in [6, 6.07) is 10.3. The van der Waals surface area contributed by atoms with Crippen molar-refractivity contribution in [2.24, 2.45) is 11.1 Å². The predicted molar refractivity (Wildman–Crippen MR) is 76.2 cm³/mol. The minimum Gasteiger partial charge on any atom is -0.392 e. The van der Waals surface area contributed by atoms with E-state index in [0.29, 0.717) is 11.5 Å². The van der Waals surface area contributed by atoms with Gasteiger partial charge in [0.15, 0.2) is 0 Å². The number of nitrogens with two attached hydrogens (primary N) is 1. The summed E-state index contributed by atoms with van der Waals surface area (Å²) in [5.41, 5.74) is 6.37. The first kappa shape index (κ1) is 13.0. The molecule has 4 heteroatoms. The van der Waals surface area contributed by atoms with Crippen molar-refractivity contribution in [1.29, 1.82) is 0 Å². The summed E-state index contributed by atoms with van der Waals surface area (Å²) in [6.45, 7) is 0.679. The fourth-order valence-electron chi connectivity index (χ4n) is 2.02. The summed E-state index contributed by atoms with van der Waals surface area (Å²) < 4.78 is 0. The summed E-state index contributed by atoms with van der Waals surface area (Å²) in [5.74, 6) is 0.00283. The van der Waals surface area contributed by atoms with Crippen molar-refractivity contribution in [1.82, 2.24) is 5.32 Å². The zero-order valence-electron chi connectivity index (χ0n) is 10.3. The van der Waals surface area contributed by atoms with Gasteiger partial charge in [-0.25, -0.2) is 0 Å². The molecule has 1 aliphatic rings. The number of benzene rings is 1. The number of rotatable bonds is 6. The van der Waals surface area contributed by atoms with Crippen molar-refractivity contribution < 1.29 is 4.79 Å². The van der Waals surface area contributed by atoms with Crippen LogP contribution in [0.5, 0.6) is 0 Å². The molecule has 1 amide bonds. The van der Waals surface area contributed by atoms with E-state index in [4.69, 9.17) is 18.0 Å². The van der Waals surface area contributed by atoms with E-state index in [9.17, 15) is 4.79 Å². The maximum Gasteiger partial charge on any atom is 0.233 e. The Kier molecular flexibility index (Phi) is 3.97. The van der Waals surface area contributed by atoms with Crippen LogP contribution in [0.4, 0.5) is 0 Å². The second kappa shape index (κ2) is 5.48. The van der Waals surface area contributed by atoms with E-state index in [0.717, 1.165) is 25.7 Å². The third-order valence-electron chi connectivity index (χ3n) is 3.43. The molecule has 1 aliphatic carbocycles. The molecule has 3 nitrogen and oxygen atoms in total. The highest BCUT2D eigenvalue weighted by atomic mass is 32.1. The molecule has 1 aromatic rings. The standard InChI is InChI=1S/C14H18N2OS/c15-12(18)14(8-9-14)13(17)16-10-4-7-11-5-2-1-3-6-11/h1-3,5-6H,4,7-10H2,(H2,15,18)(H,16,17). The number of thiocarbonyl (C=S) groups is 1. The molecule has 0 spiro atoms. The molecule has 18 heavy (non-hydrogen) atoms. The van der Waals surface area contributed by atoms with E-state index in [1.807, 2.05) is 18.2 Å². The second-order valence-corrected chi connectivity index (χ2v) is 5.23. The van der Waals surface area contributed by atoms with Gasteiger partial charge in [0.1, 0.15) is 0 Å². The Hall–Kier alpha value is -1.42. The molecule has 0 bridgehead atoms. The minimum atomic E-state index is -0.526. The van der Waals surface area contributed by atoms with E-state index in [1.54, 1.807) is 0 Å². The Labute approximate surface area is 113 Å². The largest absolute Gasteiger partial charge is 0.392 e. The Bertz CT molecular complexity index is 440. The van der Waals surface area contributed by atoms with E-state index in [2.05, 4.69) is 17.4 Å². The molecule has 0 saturated heterocycles. The summed E-state index contributed by atoms with van der Waals surface area (Å²) in [5, 5.41) is 2.93. The van der Waals surface area contributed by atoms with Crippen LogP contribution in [0.25, 0.3) is 0 Å². The molecule has 0 atom stereocenters. The second-order valence-electron chi connectivity index (χ2n) is 4.79. The molecule has 96 valence electrons. The third kappa shape index (κ3) is 2.88. The number of nitrogens with one attached hydrogen (secondary N) is 1. The monoisotopic (exact) mass is 262 g/mol. The molecule has 0 radical (unpaired) electrons. The number of carbonyl (C=O) groups is 1. The van der Waals surface area contributed by atoms with Crippen LogP contribution in [0.3, 0.4) is 0 Å². The average molecular weight is 262 g/mol. The van der Waals surface area contributed by atoms with Gasteiger partial charge in [-0.05, 0) is 31.2 Å². The molecular formula is C14H18N2OS. The molecule has 0 unspecified atom stereocenters. The number of aryl methyl sites for hydroxylation is 1. The lowest BCUT2D eigenvalue weighted by Gasteiger charge is -2.13. The van der Waals surface area contributed by atoms with Crippen LogP contribution in [0.15, 0.2) is 30.3 Å². The van der Waals surface area contributed by atoms with Crippen LogP contribution < -0.4 is 11.1 Å². The molecule has 2 rings (SSSR count). The fraction of sp³-hybridized carbons (Fsp3) is 0.429. The van der Waals surface area contributed by atoms with Gasteiger partial charge in [-0.15, -0.1) is 0 Å². The fourth-order valence-corrected chi connectivity index (χ4v) is 2.32. The molecular weight excluding hydrogens is 244 g/mol. The summed E-state index contributed by atoms with van der Waals surface area (Å²) >= 11 is 4.94. The molecule has 1 saturated carbocycles. The van der Waals surface area contributed by atoms with Gasteiger partial charge in [-0.2, -0.15) is 0 Å². The van der Waals surface area contributed by atoms with Crippen LogP contribution in [-0.2, 0) is 11.2 Å². The van der Waals surface area contributed by atoms with Gasteiger partial charge in [0, 0.05) is 6.54 Å². The topological polar surface area (TPSA) is 55.1 Å². The molecule has 0 aliphatic heterocycles. The number of carbonyl (C=O) groups excluding carboxylic acids is 1. The normalized spacial score (nSPS) is 16.0. The maximum atomic E-state index is 11.9. The lowest BCUT2D eigenvalue weighted by Crippen LogP contribution is -2.40. The SMILES string of the molecule is NC(=S)C1(C(=O)NCCCc2ccccc2)CC1. The summed E-state index contributed by atoms with van der Waals surface area (Å²) in [7, 11) is 0. The summed E-state index contributed by atoms with van der Waals surface area (Å²) in [4.78, 5) is 12.2. The van der Waals surface area contributed by atoms with Gasteiger partial charge in [-0.3, -0.25) is 4.79 Å². The first-order valence-corrected chi connectivity index (χ1v) is 6.68. The van der Waals surface area contributed by atoms with Crippen LogP contribution in [0.1, 0.15) is 24.8 Å². The van der Waals surface area contributed by atoms with Gasteiger partial charge in [0.25, 0.3) is 0 Å². The highest BCUT2D eigenvalue weighted by Crippen LogP contribution is 2.46. The lowest BCUT2D eigenvalue weighted by atomic mass is 10.1. The van der Waals surface area contributed by atoms with Gasteiger partial charge >= 0.3 is 0 Å². The van der Waals surface area contributed by atoms with Gasteiger partial charge in [0.2, 0.25) is 5.91 Å². The lowest BCUT2D eigenvalue weighted by molar-refractivity contribution is -0.123. The summed E-state index contributed by atoms with van der Waals surface area (Å²) in [6.07, 6.45) is 3.50. The quantitative estimate of drug-likeness (QED) is 0.607. The van der Waals surface area contributed by atoms with Crippen molar-refractivity contribution >= 4 is 23.1 Å². The van der Waals surface area contributed by atoms with E-state index < -0.39 is 5.41 Å². The van der Waals surface area contributed by atoms with Crippen molar-refractivity contribution in [3.05, 3.63) is 35.9 Å². The zero-order chi connectivity index (χ0) is 13.0.